The summed E-state index contributed by atoms with van der Waals surface area (Å²) in [5.74, 6) is 2.26. The summed E-state index contributed by atoms with van der Waals surface area (Å²) in [5.41, 5.74) is 1.19. The van der Waals surface area contributed by atoms with Gasteiger partial charge in [-0.3, -0.25) is 4.98 Å². The van der Waals surface area contributed by atoms with Crippen LogP contribution in [0.3, 0.4) is 0 Å². The molecule has 1 N–H and O–H groups in total. The molecule has 1 atom stereocenters. The molecule has 1 aliphatic rings. The average molecular weight is 222 g/mol. The number of pyridine rings is 1. The first-order chi connectivity index (χ1) is 7.45. The minimum Gasteiger partial charge on any atom is -0.313 e. The third kappa shape index (κ3) is 3.84. The van der Waals surface area contributed by atoms with Crippen molar-refractivity contribution in [2.75, 3.05) is 12.3 Å². The van der Waals surface area contributed by atoms with Crippen molar-refractivity contribution in [3.8, 4) is 0 Å². The van der Waals surface area contributed by atoms with Crippen LogP contribution in [0.5, 0.6) is 0 Å². The molecule has 0 radical (unpaired) electrons. The highest BCUT2D eigenvalue weighted by Gasteiger charge is 2.11. The largest absolute Gasteiger partial charge is 0.313 e. The maximum absolute atomic E-state index is 4.32. The van der Waals surface area contributed by atoms with Crippen molar-refractivity contribution in [1.82, 2.24) is 10.3 Å². The number of thioether (sulfide) groups is 1. The molecule has 0 spiro atoms. The van der Waals surface area contributed by atoms with Crippen LogP contribution in [0, 0.1) is 0 Å². The summed E-state index contributed by atoms with van der Waals surface area (Å²) < 4.78 is 0. The van der Waals surface area contributed by atoms with Crippen molar-refractivity contribution in [3.63, 3.8) is 0 Å². The number of piperidine rings is 1. The van der Waals surface area contributed by atoms with Crippen molar-refractivity contribution < 1.29 is 0 Å². The zero-order valence-electron chi connectivity index (χ0n) is 8.98. The molecule has 1 aliphatic heterocycles. The van der Waals surface area contributed by atoms with E-state index in [-0.39, 0.29) is 0 Å². The van der Waals surface area contributed by atoms with Gasteiger partial charge in [-0.15, -0.1) is 0 Å². The lowest BCUT2D eigenvalue weighted by Gasteiger charge is -2.22. The van der Waals surface area contributed by atoms with E-state index in [1.165, 1.54) is 37.3 Å². The first-order valence-electron chi connectivity index (χ1n) is 5.66. The molecule has 0 saturated carbocycles. The molecule has 1 saturated heterocycles. The number of nitrogens with zero attached hydrogens (tertiary/aromatic N) is 1. The lowest BCUT2D eigenvalue weighted by atomic mass is 10.1. The summed E-state index contributed by atoms with van der Waals surface area (Å²) >= 11 is 1.99. The van der Waals surface area contributed by atoms with Gasteiger partial charge in [0.1, 0.15) is 0 Å². The SMILES string of the molecule is c1ccc(CSC[C@H]2CCCCN2)nc1. The predicted octanol–water partition coefficient (Wildman–Crippen LogP) is 2.46. The first-order valence-corrected chi connectivity index (χ1v) is 6.81. The van der Waals surface area contributed by atoms with E-state index >= 15 is 0 Å². The van der Waals surface area contributed by atoms with Gasteiger partial charge in [-0.2, -0.15) is 11.8 Å². The van der Waals surface area contributed by atoms with Crippen LogP contribution >= 0.6 is 11.8 Å². The number of nitrogens with one attached hydrogen (secondary N) is 1. The molecule has 82 valence electrons. The van der Waals surface area contributed by atoms with E-state index in [0.717, 1.165) is 11.8 Å². The molecule has 2 heterocycles. The van der Waals surface area contributed by atoms with E-state index in [1.807, 2.05) is 24.0 Å². The summed E-state index contributed by atoms with van der Waals surface area (Å²) in [4.78, 5) is 4.32. The van der Waals surface area contributed by atoms with Gasteiger partial charge >= 0.3 is 0 Å². The molecule has 15 heavy (non-hydrogen) atoms. The summed E-state index contributed by atoms with van der Waals surface area (Å²) in [5, 5.41) is 3.56. The van der Waals surface area contributed by atoms with Crippen molar-refractivity contribution in [3.05, 3.63) is 30.1 Å². The van der Waals surface area contributed by atoms with Crippen LogP contribution in [0.1, 0.15) is 25.0 Å². The van der Waals surface area contributed by atoms with Gasteiger partial charge in [0.2, 0.25) is 0 Å². The molecule has 0 amide bonds. The Morgan fingerprint density at radius 3 is 3.13 bits per heavy atom. The van der Waals surface area contributed by atoms with Crippen LogP contribution in [0.25, 0.3) is 0 Å². The predicted molar refractivity (Wildman–Crippen MR) is 66.0 cm³/mol. The fourth-order valence-electron chi connectivity index (χ4n) is 1.86. The average Bonchev–Trinajstić information content (AvgIpc) is 2.32. The molecule has 1 fully saturated rings. The number of aromatic nitrogens is 1. The zero-order chi connectivity index (χ0) is 10.3. The summed E-state index contributed by atoms with van der Waals surface area (Å²) in [6.45, 7) is 1.20. The van der Waals surface area contributed by atoms with Crippen molar-refractivity contribution in [2.24, 2.45) is 0 Å². The van der Waals surface area contributed by atoms with Crippen LogP contribution in [-0.4, -0.2) is 23.3 Å². The van der Waals surface area contributed by atoms with Gasteiger partial charge in [-0.05, 0) is 31.5 Å². The molecule has 1 aromatic heterocycles. The normalized spacial score (nSPS) is 21.5. The molecular formula is C12H18N2S. The second kappa shape index (κ2) is 6.13. The molecule has 0 bridgehead atoms. The third-order valence-electron chi connectivity index (χ3n) is 2.71. The lowest BCUT2D eigenvalue weighted by Crippen LogP contribution is -2.35. The summed E-state index contributed by atoms with van der Waals surface area (Å²) in [6.07, 6.45) is 5.95. The Morgan fingerprint density at radius 1 is 1.40 bits per heavy atom. The second-order valence-corrected chi connectivity index (χ2v) is 5.01. The minimum atomic E-state index is 0.729. The smallest absolute Gasteiger partial charge is 0.0502 e. The molecule has 0 aliphatic carbocycles. The lowest BCUT2D eigenvalue weighted by molar-refractivity contribution is 0.430. The van der Waals surface area contributed by atoms with Gasteiger partial charge in [0.25, 0.3) is 0 Å². The van der Waals surface area contributed by atoms with Gasteiger partial charge < -0.3 is 5.32 Å². The van der Waals surface area contributed by atoms with Crippen LogP contribution in [0.2, 0.25) is 0 Å². The van der Waals surface area contributed by atoms with Crippen LogP contribution in [-0.2, 0) is 5.75 Å². The minimum absolute atomic E-state index is 0.729. The number of hydrogen-bond acceptors (Lipinski definition) is 3. The van der Waals surface area contributed by atoms with E-state index in [4.69, 9.17) is 0 Å². The Hall–Kier alpha value is -0.540. The maximum atomic E-state index is 4.32. The Bertz CT molecular complexity index is 270. The Labute approximate surface area is 95.9 Å². The molecule has 2 nitrogen and oxygen atoms in total. The van der Waals surface area contributed by atoms with Gasteiger partial charge in [0.05, 0.1) is 5.69 Å². The highest BCUT2D eigenvalue weighted by molar-refractivity contribution is 7.98. The maximum Gasteiger partial charge on any atom is 0.0502 e. The van der Waals surface area contributed by atoms with Crippen molar-refractivity contribution >= 4 is 11.8 Å². The molecule has 3 heteroatoms. The number of hydrogen-bond donors (Lipinski definition) is 1. The number of rotatable bonds is 4. The Balaban J connectivity index is 1.66. The van der Waals surface area contributed by atoms with Crippen molar-refractivity contribution in [2.45, 2.75) is 31.1 Å². The fourth-order valence-corrected chi connectivity index (χ4v) is 2.92. The zero-order valence-corrected chi connectivity index (χ0v) is 9.80. The first kappa shape index (κ1) is 11.0. The van der Waals surface area contributed by atoms with Crippen molar-refractivity contribution in [1.29, 1.82) is 0 Å². The topological polar surface area (TPSA) is 24.9 Å². The second-order valence-electron chi connectivity index (χ2n) is 3.98. The quantitative estimate of drug-likeness (QED) is 0.847. The molecular weight excluding hydrogens is 204 g/mol. The molecule has 2 rings (SSSR count). The fraction of sp³-hybridized carbons (Fsp3) is 0.583. The third-order valence-corrected chi connectivity index (χ3v) is 3.85. The summed E-state index contributed by atoms with van der Waals surface area (Å²) in [6, 6.07) is 6.85. The van der Waals surface area contributed by atoms with Crippen LogP contribution in [0.4, 0.5) is 0 Å². The molecule has 0 aromatic carbocycles. The highest BCUT2D eigenvalue weighted by Crippen LogP contribution is 2.15. The Morgan fingerprint density at radius 2 is 2.40 bits per heavy atom. The monoisotopic (exact) mass is 222 g/mol. The van der Waals surface area contributed by atoms with E-state index in [9.17, 15) is 0 Å². The van der Waals surface area contributed by atoms with Crippen LogP contribution in [0.15, 0.2) is 24.4 Å². The standard InChI is InChI=1S/C12H18N2S/c1-3-7-13-11(5-1)9-15-10-12-6-2-4-8-14-12/h1,3,5,7,12,14H,2,4,6,8-10H2/t12-/m1/s1. The Kier molecular flexibility index (Phi) is 4.48. The van der Waals surface area contributed by atoms with Gasteiger partial charge in [-0.25, -0.2) is 0 Å². The molecule has 0 unspecified atom stereocenters. The van der Waals surface area contributed by atoms with E-state index in [1.54, 1.807) is 0 Å². The van der Waals surface area contributed by atoms with Gasteiger partial charge in [0, 0.05) is 23.7 Å². The molecule has 1 aromatic rings. The van der Waals surface area contributed by atoms with Gasteiger partial charge in [0.15, 0.2) is 0 Å². The van der Waals surface area contributed by atoms with E-state index in [0.29, 0.717) is 0 Å². The van der Waals surface area contributed by atoms with E-state index < -0.39 is 0 Å². The highest BCUT2D eigenvalue weighted by atomic mass is 32.2. The van der Waals surface area contributed by atoms with Gasteiger partial charge in [-0.1, -0.05) is 12.5 Å². The van der Waals surface area contributed by atoms with Crippen LogP contribution < -0.4 is 5.32 Å². The van der Waals surface area contributed by atoms with E-state index in [2.05, 4.69) is 22.4 Å². The summed E-state index contributed by atoms with van der Waals surface area (Å²) in [7, 11) is 0.